The number of carboxylic acids is 1. The first-order chi connectivity index (χ1) is 7.69. The average molecular weight is 222 g/mol. The van der Waals surface area contributed by atoms with E-state index in [2.05, 4.69) is 0 Å². The summed E-state index contributed by atoms with van der Waals surface area (Å²) in [7, 11) is 1.55. The predicted molar refractivity (Wildman–Crippen MR) is 58.5 cm³/mol. The normalized spacial score (nSPS) is 17.8. The number of rotatable bonds is 3. The predicted octanol–water partition coefficient (Wildman–Crippen LogP) is 2.28. The number of carbonyl (C=O) groups is 1. The van der Waals surface area contributed by atoms with Gasteiger partial charge in [0.25, 0.3) is 0 Å². The Morgan fingerprint density at radius 3 is 2.94 bits per heavy atom. The first-order valence-electron chi connectivity index (χ1n) is 5.26. The summed E-state index contributed by atoms with van der Waals surface area (Å²) in [5.41, 5.74) is 1.09. The van der Waals surface area contributed by atoms with Crippen molar-refractivity contribution in [3.8, 4) is 11.5 Å². The van der Waals surface area contributed by atoms with E-state index < -0.39 is 5.97 Å². The number of aromatic carboxylic acids is 1. The minimum atomic E-state index is -0.914. The van der Waals surface area contributed by atoms with Crippen molar-refractivity contribution in [3.05, 3.63) is 23.3 Å². The highest BCUT2D eigenvalue weighted by atomic mass is 16.5. The highest BCUT2D eigenvalue weighted by molar-refractivity contribution is 5.91. The van der Waals surface area contributed by atoms with Crippen LogP contribution in [0.25, 0.3) is 0 Å². The largest absolute Gasteiger partial charge is 0.493 e. The van der Waals surface area contributed by atoms with Crippen molar-refractivity contribution in [1.29, 1.82) is 0 Å². The van der Waals surface area contributed by atoms with Gasteiger partial charge in [-0.1, -0.05) is 6.92 Å². The van der Waals surface area contributed by atoms with E-state index in [0.29, 0.717) is 23.7 Å². The summed E-state index contributed by atoms with van der Waals surface area (Å²) in [5.74, 6) is 0.434. The Balaban J connectivity index is 2.60. The molecule has 4 nitrogen and oxygen atoms in total. The fourth-order valence-electron chi connectivity index (χ4n) is 2.07. The second-order valence-corrected chi connectivity index (χ2v) is 3.78. The maximum Gasteiger partial charge on any atom is 0.336 e. The van der Waals surface area contributed by atoms with E-state index >= 15 is 0 Å². The van der Waals surface area contributed by atoms with Crippen LogP contribution in [0.3, 0.4) is 0 Å². The van der Waals surface area contributed by atoms with Crippen molar-refractivity contribution in [2.75, 3.05) is 13.7 Å². The monoisotopic (exact) mass is 222 g/mol. The number of ether oxygens (including phenoxy) is 2. The molecule has 1 aliphatic heterocycles. The SMILES string of the molecule is CCC1COc2c(OC)ccc(C(=O)O)c21. The first kappa shape index (κ1) is 10.8. The smallest absolute Gasteiger partial charge is 0.336 e. The highest BCUT2D eigenvalue weighted by Crippen LogP contribution is 2.44. The molecule has 1 unspecified atom stereocenters. The minimum Gasteiger partial charge on any atom is -0.493 e. The summed E-state index contributed by atoms with van der Waals surface area (Å²) in [5, 5.41) is 9.13. The van der Waals surface area contributed by atoms with Gasteiger partial charge in [-0.2, -0.15) is 0 Å². The first-order valence-corrected chi connectivity index (χ1v) is 5.26. The molecule has 0 saturated heterocycles. The third-order valence-electron chi connectivity index (χ3n) is 2.94. The second-order valence-electron chi connectivity index (χ2n) is 3.78. The van der Waals surface area contributed by atoms with Crippen LogP contribution in [-0.4, -0.2) is 24.8 Å². The van der Waals surface area contributed by atoms with Crippen LogP contribution in [0, 0.1) is 0 Å². The van der Waals surface area contributed by atoms with Crippen LogP contribution in [0.5, 0.6) is 11.5 Å². The third-order valence-corrected chi connectivity index (χ3v) is 2.94. The molecule has 1 heterocycles. The van der Waals surface area contributed by atoms with Crippen molar-refractivity contribution in [2.45, 2.75) is 19.3 Å². The number of hydrogen-bond donors (Lipinski definition) is 1. The Morgan fingerprint density at radius 1 is 1.62 bits per heavy atom. The zero-order valence-corrected chi connectivity index (χ0v) is 9.32. The number of hydrogen-bond acceptors (Lipinski definition) is 3. The van der Waals surface area contributed by atoms with E-state index in [1.807, 2.05) is 6.92 Å². The van der Waals surface area contributed by atoms with E-state index in [1.54, 1.807) is 19.2 Å². The zero-order valence-electron chi connectivity index (χ0n) is 9.32. The molecule has 0 aliphatic carbocycles. The lowest BCUT2D eigenvalue weighted by Gasteiger charge is -2.10. The molecule has 16 heavy (non-hydrogen) atoms. The molecule has 0 saturated carbocycles. The van der Waals surface area contributed by atoms with Gasteiger partial charge in [0.2, 0.25) is 0 Å². The van der Waals surface area contributed by atoms with Gasteiger partial charge in [0.05, 0.1) is 19.3 Å². The molecule has 1 aromatic rings. The Morgan fingerprint density at radius 2 is 2.38 bits per heavy atom. The maximum atomic E-state index is 11.1. The third kappa shape index (κ3) is 1.50. The van der Waals surface area contributed by atoms with Crippen molar-refractivity contribution in [3.63, 3.8) is 0 Å². The van der Waals surface area contributed by atoms with Crippen LogP contribution in [0.4, 0.5) is 0 Å². The molecule has 0 fully saturated rings. The molecule has 2 rings (SSSR count). The van der Waals surface area contributed by atoms with E-state index in [4.69, 9.17) is 14.6 Å². The lowest BCUT2D eigenvalue weighted by Crippen LogP contribution is -2.05. The molecular formula is C12H14O4. The van der Waals surface area contributed by atoms with Crippen molar-refractivity contribution < 1.29 is 19.4 Å². The highest BCUT2D eigenvalue weighted by Gasteiger charge is 2.31. The molecule has 4 heteroatoms. The van der Waals surface area contributed by atoms with Crippen LogP contribution in [0.2, 0.25) is 0 Å². The number of fused-ring (bicyclic) bond motifs is 1. The van der Waals surface area contributed by atoms with E-state index in [0.717, 1.165) is 12.0 Å². The Hall–Kier alpha value is -1.71. The van der Waals surface area contributed by atoms with E-state index in [1.165, 1.54) is 0 Å². The summed E-state index contributed by atoms with van der Waals surface area (Å²) in [6.45, 7) is 2.56. The minimum absolute atomic E-state index is 0.149. The maximum absolute atomic E-state index is 11.1. The van der Waals surface area contributed by atoms with Crippen molar-refractivity contribution in [2.24, 2.45) is 0 Å². The molecule has 1 aromatic carbocycles. The molecule has 1 atom stereocenters. The second kappa shape index (κ2) is 4.04. The van der Waals surface area contributed by atoms with Crippen molar-refractivity contribution >= 4 is 5.97 Å². The van der Waals surface area contributed by atoms with Gasteiger partial charge in [-0.15, -0.1) is 0 Å². The van der Waals surface area contributed by atoms with Crippen LogP contribution < -0.4 is 9.47 Å². The fourth-order valence-corrected chi connectivity index (χ4v) is 2.07. The molecule has 0 aromatic heterocycles. The summed E-state index contributed by atoms with van der Waals surface area (Å²) in [6, 6.07) is 3.22. The molecule has 0 spiro atoms. The van der Waals surface area contributed by atoms with Gasteiger partial charge in [0.1, 0.15) is 0 Å². The van der Waals surface area contributed by atoms with Crippen LogP contribution in [0.1, 0.15) is 35.2 Å². The number of carboxylic acid groups (broad SMARTS) is 1. The summed E-state index contributed by atoms with van der Waals surface area (Å²) < 4.78 is 10.7. The topological polar surface area (TPSA) is 55.8 Å². The van der Waals surface area contributed by atoms with Gasteiger partial charge in [-0.3, -0.25) is 0 Å². The fraction of sp³-hybridized carbons (Fsp3) is 0.417. The molecular weight excluding hydrogens is 208 g/mol. The number of benzene rings is 1. The Bertz CT molecular complexity index is 425. The number of methoxy groups -OCH3 is 1. The lowest BCUT2D eigenvalue weighted by atomic mass is 9.93. The van der Waals surface area contributed by atoms with Crippen molar-refractivity contribution in [1.82, 2.24) is 0 Å². The molecule has 1 N–H and O–H groups in total. The molecule has 86 valence electrons. The van der Waals surface area contributed by atoms with Crippen LogP contribution >= 0.6 is 0 Å². The molecule has 0 amide bonds. The lowest BCUT2D eigenvalue weighted by molar-refractivity contribution is 0.0695. The molecule has 1 aliphatic rings. The Labute approximate surface area is 93.8 Å². The van der Waals surface area contributed by atoms with Crippen LogP contribution in [-0.2, 0) is 0 Å². The van der Waals surface area contributed by atoms with Gasteiger partial charge in [-0.05, 0) is 18.6 Å². The molecule has 0 bridgehead atoms. The standard InChI is InChI=1S/C12H14O4/c1-3-7-6-16-11-9(15-2)5-4-8(10(7)11)12(13)14/h4-5,7H,3,6H2,1-2H3,(H,13,14). The van der Waals surface area contributed by atoms with E-state index in [-0.39, 0.29) is 5.92 Å². The van der Waals surface area contributed by atoms with Gasteiger partial charge in [0, 0.05) is 11.5 Å². The van der Waals surface area contributed by atoms with Gasteiger partial charge in [-0.25, -0.2) is 4.79 Å². The zero-order chi connectivity index (χ0) is 11.7. The quantitative estimate of drug-likeness (QED) is 0.852. The Kier molecular flexibility index (Phi) is 2.73. The summed E-state index contributed by atoms with van der Waals surface area (Å²) in [6.07, 6.45) is 0.862. The molecule has 0 radical (unpaired) electrons. The summed E-state index contributed by atoms with van der Waals surface area (Å²) >= 11 is 0. The van der Waals surface area contributed by atoms with Gasteiger partial charge < -0.3 is 14.6 Å². The van der Waals surface area contributed by atoms with Crippen LogP contribution in [0.15, 0.2) is 12.1 Å². The van der Waals surface area contributed by atoms with Gasteiger partial charge >= 0.3 is 5.97 Å². The summed E-state index contributed by atoms with van der Waals surface area (Å²) in [4.78, 5) is 11.1. The average Bonchev–Trinajstić information content (AvgIpc) is 2.71. The van der Waals surface area contributed by atoms with Gasteiger partial charge in [0.15, 0.2) is 11.5 Å². The van der Waals surface area contributed by atoms with E-state index in [9.17, 15) is 4.79 Å².